The minimum atomic E-state index is -0.389. The van der Waals surface area contributed by atoms with Gasteiger partial charge in [-0.05, 0) is 31.5 Å². The molecule has 0 aromatic heterocycles. The minimum absolute atomic E-state index is 0.205. The molecule has 104 valence electrons. The summed E-state index contributed by atoms with van der Waals surface area (Å²) in [4.78, 5) is 13.9. The predicted octanol–water partition coefficient (Wildman–Crippen LogP) is 1.26. The zero-order chi connectivity index (χ0) is 13.8. The molecule has 1 heterocycles. The fourth-order valence-corrected chi connectivity index (χ4v) is 2.34. The monoisotopic (exact) mass is 264 g/mol. The summed E-state index contributed by atoms with van der Waals surface area (Å²) in [5.41, 5.74) is 7.61. The number of hydrogen-bond donors (Lipinski definition) is 2. The van der Waals surface area contributed by atoms with Gasteiger partial charge in [0, 0.05) is 37.0 Å². The number of carbonyl (C=O) groups is 1. The van der Waals surface area contributed by atoms with E-state index in [2.05, 4.69) is 4.90 Å². The molecule has 1 aromatic rings. The fraction of sp³-hybridized carbons (Fsp3) is 0.500. The highest BCUT2D eigenvalue weighted by Gasteiger charge is 2.23. The van der Waals surface area contributed by atoms with Gasteiger partial charge < -0.3 is 20.5 Å². The molecule has 0 radical (unpaired) electrons. The highest BCUT2D eigenvalue weighted by molar-refractivity contribution is 5.96. The van der Waals surface area contributed by atoms with Crippen LogP contribution in [0.2, 0.25) is 0 Å². The molecule has 1 aliphatic rings. The summed E-state index contributed by atoms with van der Waals surface area (Å²) in [5, 5.41) is 9.17. The van der Waals surface area contributed by atoms with Crippen LogP contribution in [-0.2, 0) is 4.74 Å². The molecule has 1 atom stereocenters. The van der Waals surface area contributed by atoms with Crippen molar-refractivity contribution < 1.29 is 14.6 Å². The van der Waals surface area contributed by atoms with Gasteiger partial charge in [-0.25, -0.2) is 4.79 Å². The number of hydrogen-bond acceptors (Lipinski definition) is 5. The zero-order valence-electron chi connectivity index (χ0n) is 11.1. The van der Waals surface area contributed by atoms with Crippen LogP contribution in [-0.4, -0.2) is 37.4 Å². The first kappa shape index (κ1) is 13.7. The molecular formula is C14H20N2O3. The number of ether oxygens (including phenoxy) is 1. The molecule has 1 fully saturated rings. The maximum absolute atomic E-state index is 11.8. The lowest BCUT2D eigenvalue weighted by Crippen LogP contribution is -2.21. The quantitative estimate of drug-likeness (QED) is 0.632. The van der Waals surface area contributed by atoms with Crippen LogP contribution in [0.25, 0.3) is 0 Å². The summed E-state index contributed by atoms with van der Waals surface area (Å²) in [7, 11) is 0. The number of carbonyl (C=O) groups excluding carboxylic acids is 1. The maximum Gasteiger partial charge on any atom is 0.340 e. The second-order valence-corrected chi connectivity index (χ2v) is 4.78. The van der Waals surface area contributed by atoms with E-state index in [9.17, 15) is 4.79 Å². The zero-order valence-corrected chi connectivity index (χ0v) is 11.1. The van der Waals surface area contributed by atoms with E-state index in [1.165, 1.54) is 0 Å². The van der Waals surface area contributed by atoms with Crippen molar-refractivity contribution in [2.45, 2.75) is 13.3 Å². The van der Waals surface area contributed by atoms with Crippen LogP contribution in [0.1, 0.15) is 23.7 Å². The number of nitrogen functional groups attached to an aromatic ring is 1. The third-order valence-corrected chi connectivity index (χ3v) is 3.44. The van der Waals surface area contributed by atoms with Crippen molar-refractivity contribution >= 4 is 17.3 Å². The summed E-state index contributed by atoms with van der Waals surface area (Å²) in [6, 6.07) is 5.40. The third kappa shape index (κ3) is 2.98. The second-order valence-electron chi connectivity index (χ2n) is 4.78. The predicted molar refractivity (Wildman–Crippen MR) is 74.2 cm³/mol. The lowest BCUT2D eigenvalue weighted by atomic mass is 10.1. The van der Waals surface area contributed by atoms with Gasteiger partial charge in [-0.1, -0.05) is 0 Å². The Balaban J connectivity index is 2.19. The first-order valence-electron chi connectivity index (χ1n) is 6.58. The largest absolute Gasteiger partial charge is 0.462 e. The SMILES string of the molecule is CCOC(=O)c1cc(N2CCC(CO)C2)ccc1N. The lowest BCUT2D eigenvalue weighted by molar-refractivity contribution is 0.0527. The molecule has 5 heteroatoms. The maximum atomic E-state index is 11.8. The molecule has 3 N–H and O–H groups in total. The lowest BCUT2D eigenvalue weighted by Gasteiger charge is -2.19. The van der Waals surface area contributed by atoms with Crippen LogP contribution in [0.3, 0.4) is 0 Å². The molecule has 0 amide bonds. The number of aliphatic hydroxyl groups is 1. The molecule has 5 nitrogen and oxygen atoms in total. The molecule has 0 aliphatic carbocycles. The van der Waals surface area contributed by atoms with E-state index in [4.69, 9.17) is 15.6 Å². The van der Waals surface area contributed by atoms with Crippen molar-refractivity contribution in [2.24, 2.45) is 5.92 Å². The average molecular weight is 264 g/mol. The van der Waals surface area contributed by atoms with E-state index in [0.717, 1.165) is 25.2 Å². The molecular weight excluding hydrogens is 244 g/mol. The molecule has 1 saturated heterocycles. The number of nitrogens with zero attached hydrogens (tertiary/aromatic N) is 1. The minimum Gasteiger partial charge on any atom is -0.462 e. The molecule has 1 unspecified atom stereocenters. The summed E-state index contributed by atoms with van der Waals surface area (Å²) >= 11 is 0. The van der Waals surface area contributed by atoms with E-state index < -0.39 is 0 Å². The van der Waals surface area contributed by atoms with Crippen molar-refractivity contribution in [3.63, 3.8) is 0 Å². The molecule has 2 rings (SSSR count). The molecule has 0 bridgehead atoms. The molecule has 1 aromatic carbocycles. The van der Waals surface area contributed by atoms with Gasteiger partial charge in [0.15, 0.2) is 0 Å². The van der Waals surface area contributed by atoms with Crippen LogP contribution in [0.5, 0.6) is 0 Å². The third-order valence-electron chi connectivity index (χ3n) is 3.44. The summed E-state index contributed by atoms with van der Waals surface area (Å²) in [5.74, 6) is -0.0802. The number of esters is 1. The average Bonchev–Trinajstić information content (AvgIpc) is 2.88. The Hall–Kier alpha value is -1.75. The molecule has 0 saturated carbocycles. The van der Waals surface area contributed by atoms with Gasteiger partial charge in [0.25, 0.3) is 0 Å². The van der Waals surface area contributed by atoms with Crippen molar-refractivity contribution in [3.05, 3.63) is 23.8 Å². The van der Waals surface area contributed by atoms with Gasteiger partial charge in [0.05, 0.1) is 12.2 Å². The van der Waals surface area contributed by atoms with Gasteiger partial charge in [-0.15, -0.1) is 0 Å². The molecule has 19 heavy (non-hydrogen) atoms. The number of anilines is 2. The number of rotatable bonds is 4. The van der Waals surface area contributed by atoms with Crippen LogP contribution in [0.15, 0.2) is 18.2 Å². The summed E-state index contributed by atoms with van der Waals surface area (Å²) in [6.07, 6.45) is 0.968. The highest BCUT2D eigenvalue weighted by Crippen LogP contribution is 2.27. The van der Waals surface area contributed by atoms with E-state index in [1.807, 2.05) is 6.07 Å². The first-order valence-corrected chi connectivity index (χ1v) is 6.58. The Bertz CT molecular complexity index is 462. The summed E-state index contributed by atoms with van der Waals surface area (Å²) < 4.78 is 4.99. The molecule has 0 spiro atoms. The number of nitrogens with two attached hydrogens (primary N) is 1. The van der Waals surface area contributed by atoms with Crippen molar-refractivity contribution in [1.82, 2.24) is 0 Å². The Morgan fingerprint density at radius 2 is 2.37 bits per heavy atom. The highest BCUT2D eigenvalue weighted by atomic mass is 16.5. The van der Waals surface area contributed by atoms with Crippen LogP contribution >= 0.6 is 0 Å². The van der Waals surface area contributed by atoms with Gasteiger partial charge >= 0.3 is 5.97 Å². The van der Waals surface area contributed by atoms with Gasteiger partial charge in [-0.2, -0.15) is 0 Å². The van der Waals surface area contributed by atoms with E-state index in [1.54, 1.807) is 19.1 Å². The van der Waals surface area contributed by atoms with E-state index in [0.29, 0.717) is 23.8 Å². The normalized spacial score (nSPS) is 18.6. The van der Waals surface area contributed by atoms with Crippen LogP contribution in [0.4, 0.5) is 11.4 Å². The van der Waals surface area contributed by atoms with Gasteiger partial charge in [-0.3, -0.25) is 0 Å². The van der Waals surface area contributed by atoms with Crippen molar-refractivity contribution in [3.8, 4) is 0 Å². The van der Waals surface area contributed by atoms with Crippen LogP contribution in [0, 0.1) is 5.92 Å². The van der Waals surface area contributed by atoms with E-state index >= 15 is 0 Å². The van der Waals surface area contributed by atoms with Gasteiger partial charge in [0.2, 0.25) is 0 Å². The first-order chi connectivity index (χ1) is 9.15. The van der Waals surface area contributed by atoms with E-state index in [-0.39, 0.29) is 12.6 Å². The van der Waals surface area contributed by atoms with Crippen molar-refractivity contribution in [2.75, 3.05) is 36.9 Å². The fourth-order valence-electron chi connectivity index (χ4n) is 2.34. The standard InChI is InChI=1S/C14H20N2O3/c1-2-19-14(18)12-7-11(3-4-13(12)15)16-6-5-10(8-16)9-17/h3-4,7,10,17H,2,5-6,8-9,15H2,1H3. The molecule has 1 aliphatic heterocycles. The van der Waals surface area contributed by atoms with Gasteiger partial charge in [0.1, 0.15) is 0 Å². The second kappa shape index (κ2) is 5.93. The Morgan fingerprint density at radius 3 is 3.00 bits per heavy atom. The van der Waals surface area contributed by atoms with Crippen LogP contribution < -0.4 is 10.6 Å². The Labute approximate surface area is 113 Å². The number of benzene rings is 1. The smallest absolute Gasteiger partial charge is 0.340 e. The van der Waals surface area contributed by atoms with Crippen molar-refractivity contribution in [1.29, 1.82) is 0 Å². The Morgan fingerprint density at radius 1 is 1.58 bits per heavy atom. The Kier molecular flexibility index (Phi) is 4.27. The topological polar surface area (TPSA) is 75.8 Å². The summed E-state index contributed by atoms with van der Waals surface area (Å²) in [6.45, 7) is 4.00. The number of aliphatic hydroxyl groups excluding tert-OH is 1.